The monoisotopic (exact) mass is 289 g/mol. The summed E-state index contributed by atoms with van der Waals surface area (Å²) in [7, 11) is 0. The molecule has 21 heavy (non-hydrogen) atoms. The van der Waals surface area contributed by atoms with Gasteiger partial charge in [-0.05, 0) is 31.7 Å². The normalized spacial score (nSPS) is 13.3. The first-order valence-corrected chi connectivity index (χ1v) is 7.77. The number of allylic oxidation sites excluding steroid dienone is 1. The van der Waals surface area contributed by atoms with Gasteiger partial charge in [-0.3, -0.25) is 4.79 Å². The molecule has 0 saturated carbocycles. The number of hydrogen-bond acceptors (Lipinski definition) is 2. The zero-order valence-electron chi connectivity index (χ0n) is 13.3. The van der Waals surface area contributed by atoms with Crippen molar-refractivity contribution < 1.29 is 9.90 Å². The number of amides is 1. The van der Waals surface area contributed by atoms with Crippen molar-refractivity contribution in [2.45, 2.75) is 52.1 Å². The lowest BCUT2D eigenvalue weighted by Crippen LogP contribution is -2.28. The number of hydrogen-bond donors (Lipinski definition) is 2. The van der Waals surface area contributed by atoms with Crippen LogP contribution in [0.2, 0.25) is 0 Å². The van der Waals surface area contributed by atoms with Crippen molar-refractivity contribution >= 4 is 5.91 Å². The van der Waals surface area contributed by atoms with Gasteiger partial charge in [0.15, 0.2) is 0 Å². The van der Waals surface area contributed by atoms with Gasteiger partial charge in [-0.25, -0.2) is 0 Å². The first-order chi connectivity index (χ1) is 10.1. The first-order valence-electron chi connectivity index (χ1n) is 7.77. The largest absolute Gasteiger partial charge is 0.393 e. The summed E-state index contributed by atoms with van der Waals surface area (Å²) in [5, 5.41) is 12.6. The van der Waals surface area contributed by atoms with Gasteiger partial charge in [0, 0.05) is 18.5 Å². The molecule has 3 heteroatoms. The number of aliphatic hydroxyl groups is 1. The van der Waals surface area contributed by atoms with E-state index in [1.165, 1.54) is 0 Å². The van der Waals surface area contributed by atoms with Gasteiger partial charge in [-0.15, -0.1) is 0 Å². The van der Waals surface area contributed by atoms with E-state index in [1.54, 1.807) is 13.0 Å². The van der Waals surface area contributed by atoms with E-state index in [2.05, 4.69) is 19.2 Å². The zero-order chi connectivity index (χ0) is 15.7. The van der Waals surface area contributed by atoms with E-state index in [-0.39, 0.29) is 17.9 Å². The van der Waals surface area contributed by atoms with Crippen LogP contribution in [0.4, 0.5) is 0 Å². The summed E-state index contributed by atoms with van der Waals surface area (Å²) in [4.78, 5) is 11.9. The second kappa shape index (κ2) is 9.35. The van der Waals surface area contributed by atoms with Gasteiger partial charge < -0.3 is 10.4 Å². The molecule has 0 aliphatic carbocycles. The van der Waals surface area contributed by atoms with Gasteiger partial charge in [-0.2, -0.15) is 0 Å². The highest BCUT2D eigenvalue weighted by Gasteiger charge is 2.14. The first kappa shape index (κ1) is 17.4. The van der Waals surface area contributed by atoms with Crippen LogP contribution in [-0.2, 0) is 4.79 Å². The minimum Gasteiger partial charge on any atom is -0.393 e. The maximum absolute atomic E-state index is 11.9. The summed E-state index contributed by atoms with van der Waals surface area (Å²) in [6.45, 7) is 6.44. The molecule has 0 aromatic heterocycles. The highest BCUT2D eigenvalue weighted by molar-refractivity contribution is 5.88. The molecule has 3 nitrogen and oxygen atoms in total. The number of aliphatic hydroxyl groups excluding tert-OH is 1. The van der Waals surface area contributed by atoms with Crippen LogP contribution in [0.5, 0.6) is 0 Å². The predicted molar refractivity (Wildman–Crippen MR) is 87.2 cm³/mol. The van der Waals surface area contributed by atoms with Gasteiger partial charge in [-0.1, -0.05) is 49.8 Å². The minimum atomic E-state index is -0.385. The lowest BCUT2D eigenvalue weighted by molar-refractivity contribution is -0.116. The second-order valence-electron chi connectivity index (χ2n) is 5.45. The molecule has 0 saturated heterocycles. The molecule has 1 aromatic rings. The number of carbonyl (C=O) groups is 1. The van der Waals surface area contributed by atoms with Crippen molar-refractivity contribution in [3.63, 3.8) is 0 Å². The predicted octanol–water partition coefficient (Wildman–Crippen LogP) is 3.40. The van der Waals surface area contributed by atoms with Crippen molar-refractivity contribution in [1.29, 1.82) is 0 Å². The fourth-order valence-corrected chi connectivity index (χ4v) is 2.39. The van der Waals surface area contributed by atoms with Crippen LogP contribution in [0.1, 0.15) is 51.5 Å². The van der Waals surface area contributed by atoms with Crippen molar-refractivity contribution in [1.82, 2.24) is 5.32 Å². The molecule has 0 radical (unpaired) electrons. The standard InChI is InChI=1S/C18H27NO2/c1-4-15(5-2)12-18(21)19-13-17(11-14(3)20)16-9-7-6-8-10-16/h6-10,12,14,17,20H,4-5,11,13H2,1-3H3,(H,19,21). The molecular formula is C18H27NO2. The zero-order valence-corrected chi connectivity index (χ0v) is 13.3. The summed E-state index contributed by atoms with van der Waals surface area (Å²) in [5.41, 5.74) is 2.30. The molecule has 0 fully saturated rings. The van der Waals surface area contributed by atoms with Gasteiger partial charge >= 0.3 is 0 Å². The Morgan fingerprint density at radius 2 is 1.86 bits per heavy atom. The topological polar surface area (TPSA) is 49.3 Å². The van der Waals surface area contributed by atoms with Crippen LogP contribution >= 0.6 is 0 Å². The van der Waals surface area contributed by atoms with Crippen LogP contribution < -0.4 is 5.32 Å². The Hall–Kier alpha value is -1.61. The van der Waals surface area contributed by atoms with Gasteiger partial charge in [0.05, 0.1) is 6.10 Å². The minimum absolute atomic E-state index is 0.0415. The fourth-order valence-electron chi connectivity index (χ4n) is 2.39. The Morgan fingerprint density at radius 1 is 1.24 bits per heavy atom. The summed E-state index contributed by atoms with van der Waals surface area (Å²) in [5.74, 6) is 0.0930. The Labute approximate surface area is 128 Å². The van der Waals surface area contributed by atoms with E-state index < -0.39 is 0 Å². The number of nitrogens with one attached hydrogen (secondary N) is 1. The van der Waals surface area contributed by atoms with Crippen LogP contribution in [0.3, 0.4) is 0 Å². The highest BCUT2D eigenvalue weighted by Crippen LogP contribution is 2.20. The third kappa shape index (κ3) is 6.58. The summed E-state index contributed by atoms with van der Waals surface area (Å²) >= 11 is 0. The molecule has 0 aliphatic heterocycles. The molecule has 2 atom stereocenters. The average molecular weight is 289 g/mol. The van der Waals surface area contributed by atoms with Crippen LogP contribution in [-0.4, -0.2) is 23.7 Å². The average Bonchev–Trinajstić information content (AvgIpc) is 2.49. The lowest BCUT2D eigenvalue weighted by Gasteiger charge is -2.19. The van der Waals surface area contributed by atoms with E-state index >= 15 is 0 Å². The number of carbonyl (C=O) groups excluding carboxylic acids is 1. The summed E-state index contributed by atoms with van der Waals surface area (Å²) in [6, 6.07) is 10.0. The molecule has 2 unspecified atom stereocenters. The van der Waals surface area contributed by atoms with E-state index in [0.29, 0.717) is 13.0 Å². The quantitative estimate of drug-likeness (QED) is 0.721. The maximum atomic E-state index is 11.9. The molecule has 1 aromatic carbocycles. The Balaban J connectivity index is 2.66. The van der Waals surface area contributed by atoms with Crippen molar-refractivity contribution in [3.8, 4) is 0 Å². The van der Waals surface area contributed by atoms with E-state index in [9.17, 15) is 9.90 Å². The van der Waals surface area contributed by atoms with E-state index in [1.807, 2.05) is 30.3 Å². The number of benzene rings is 1. The van der Waals surface area contributed by atoms with E-state index in [4.69, 9.17) is 0 Å². The molecule has 1 rings (SSSR count). The lowest BCUT2D eigenvalue weighted by atomic mass is 9.93. The molecule has 0 heterocycles. The second-order valence-corrected chi connectivity index (χ2v) is 5.45. The van der Waals surface area contributed by atoms with Gasteiger partial charge in [0.25, 0.3) is 0 Å². The van der Waals surface area contributed by atoms with Crippen LogP contribution in [0.15, 0.2) is 42.0 Å². The SMILES string of the molecule is CCC(=CC(=O)NCC(CC(C)O)c1ccccc1)CC. The molecule has 2 N–H and O–H groups in total. The van der Waals surface area contributed by atoms with Crippen LogP contribution in [0.25, 0.3) is 0 Å². The summed E-state index contributed by atoms with van der Waals surface area (Å²) < 4.78 is 0. The van der Waals surface area contributed by atoms with E-state index in [0.717, 1.165) is 24.0 Å². The Kier molecular flexibility index (Phi) is 7.76. The Bertz CT molecular complexity index is 446. The van der Waals surface area contributed by atoms with Gasteiger partial charge in [0.1, 0.15) is 0 Å². The maximum Gasteiger partial charge on any atom is 0.243 e. The third-order valence-corrected chi connectivity index (χ3v) is 3.66. The van der Waals surface area contributed by atoms with Crippen molar-refractivity contribution in [3.05, 3.63) is 47.5 Å². The highest BCUT2D eigenvalue weighted by atomic mass is 16.3. The molecule has 1 amide bonds. The molecule has 0 bridgehead atoms. The van der Waals surface area contributed by atoms with Gasteiger partial charge in [0.2, 0.25) is 5.91 Å². The molecule has 0 spiro atoms. The van der Waals surface area contributed by atoms with Crippen molar-refractivity contribution in [2.75, 3.05) is 6.54 Å². The molecular weight excluding hydrogens is 262 g/mol. The molecule has 116 valence electrons. The molecule has 0 aliphatic rings. The smallest absolute Gasteiger partial charge is 0.243 e. The Morgan fingerprint density at radius 3 is 2.38 bits per heavy atom. The number of rotatable bonds is 8. The third-order valence-electron chi connectivity index (χ3n) is 3.66. The van der Waals surface area contributed by atoms with Crippen LogP contribution in [0, 0.1) is 0 Å². The fraction of sp³-hybridized carbons (Fsp3) is 0.500. The van der Waals surface area contributed by atoms with Crippen molar-refractivity contribution in [2.24, 2.45) is 0 Å². The summed E-state index contributed by atoms with van der Waals surface area (Å²) in [6.07, 6.45) is 3.76.